The van der Waals surface area contributed by atoms with Crippen molar-refractivity contribution in [2.45, 2.75) is 44.2 Å². The number of hydrogen-bond donors (Lipinski definition) is 1. The van der Waals surface area contributed by atoms with Crippen LogP contribution in [0.15, 0.2) is 18.5 Å². The first-order chi connectivity index (χ1) is 9.10. The molecule has 1 atom stereocenters. The number of aliphatic hydroxyl groups is 1. The number of hydrogen-bond acceptors (Lipinski definition) is 4. The van der Waals surface area contributed by atoms with Crippen molar-refractivity contribution in [3.63, 3.8) is 0 Å². The minimum atomic E-state index is -0.516. The SMILES string of the molecule is CCOc1cncc(C(O)C2(N(C)C)CCCC2)c1. The summed E-state index contributed by atoms with van der Waals surface area (Å²) in [6, 6.07) is 1.91. The monoisotopic (exact) mass is 264 g/mol. The third kappa shape index (κ3) is 2.74. The van der Waals surface area contributed by atoms with Gasteiger partial charge in [-0.15, -0.1) is 0 Å². The van der Waals surface area contributed by atoms with Gasteiger partial charge in [0.2, 0.25) is 0 Å². The summed E-state index contributed by atoms with van der Waals surface area (Å²) in [5.41, 5.74) is 0.688. The Labute approximate surface area is 115 Å². The topological polar surface area (TPSA) is 45.6 Å². The fraction of sp³-hybridized carbons (Fsp3) is 0.667. The van der Waals surface area contributed by atoms with Crippen LogP contribution in [0.2, 0.25) is 0 Å². The molecule has 1 aliphatic rings. The van der Waals surface area contributed by atoms with Gasteiger partial charge in [0.15, 0.2) is 0 Å². The third-order valence-corrected chi connectivity index (χ3v) is 4.23. The van der Waals surface area contributed by atoms with Gasteiger partial charge in [-0.2, -0.15) is 0 Å². The fourth-order valence-electron chi connectivity index (χ4n) is 3.09. The number of aromatic nitrogens is 1. The molecule has 106 valence electrons. The second-order valence-electron chi connectivity index (χ2n) is 5.49. The molecule has 1 saturated carbocycles. The van der Waals surface area contributed by atoms with E-state index in [1.54, 1.807) is 12.4 Å². The van der Waals surface area contributed by atoms with E-state index in [2.05, 4.69) is 9.88 Å². The third-order valence-electron chi connectivity index (χ3n) is 4.23. The second-order valence-corrected chi connectivity index (χ2v) is 5.49. The zero-order chi connectivity index (χ0) is 13.9. The first kappa shape index (κ1) is 14.3. The number of aliphatic hydroxyl groups excluding tert-OH is 1. The molecule has 0 amide bonds. The summed E-state index contributed by atoms with van der Waals surface area (Å²) in [6.45, 7) is 2.56. The predicted molar refractivity (Wildman–Crippen MR) is 75.3 cm³/mol. The summed E-state index contributed by atoms with van der Waals surface area (Å²) < 4.78 is 5.47. The van der Waals surface area contributed by atoms with Gasteiger partial charge in [0.05, 0.1) is 24.4 Å². The molecule has 1 aromatic rings. The average Bonchev–Trinajstić information content (AvgIpc) is 2.89. The van der Waals surface area contributed by atoms with Crippen LogP contribution in [0, 0.1) is 0 Å². The minimum absolute atomic E-state index is 0.160. The number of rotatable bonds is 5. The molecule has 1 fully saturated rings. The Morgan fingerprint density at radius 3 is 2.63 bits per heavy atom. The molecule has 1 aliphatic carbocycles. The van der Waals surface area contributed by atoms with E-state index in [0.717, 1.165) is 24.2 Å². The van der Waals surface area contributed by atoms with Crippen LogP contribution in [0.1, 0.15) is 44.3 Å². The predicted octanol–water partition coefficient (Wildman–Crippen LogP) is 2.39. The van der Waals surface area contributed by atoms with Gasteiger partial charge in [-0.3, -0.25) is 4.98 Å². The first-order valence-corrected chi connectivity index (χ1v) is 7.03. The standard InChI is InChI=1S/C15H24N2O2/c1-4-19-13-9-12(10-16-11-13)14(18)15(17(2)3)7-5-6-8-15/h9-11,14,18H,4-8H2,1-3H3. The smallest absolute Gasteiger partial charge is 0.137 e. The largest absolute Gasteiger partial charge is 0.492 e. The van der Waals surface area contributed by atoms with Crippen LogP contribution in [0.5, 0.6) is 5.75 Å². The quantitative estimate of drug-likeness (QED) is 0.887. The van der Waals surface area contributed by atoms with Crippen LogP contribution in [0.25, 0.3) is 0 Å². The lowest BCUT2D eigenvalue weighted by Gasteiger charge is -2.40. The molecule has 19 heavy (non-hydrogen) atoms. The van der Waals surface area contributed by atoms with Crippen molar-refractivity contribution in [2.24, 2.45) is 0 Å². The Morgan fingerprint density at radius 2 is 2.05 bits per heavy atom. The van der Waals surface area contributed by atoms with Crippen LogP contribution in [-0.2, 0) is 0 Å². The van der Waals surface area contributed by atoms with Gasteiger partial charge in [0.1, 0.15) is 5.75 Å². The molecule has 1 unspecified atom stereocenters. The average molecular weight is 264 g/mol. The summed E-state index contributed by atoms with van der Waals surface area (Å²) in [7, 11) is 4.10. The lowest BCUT2D eigenvalue weighted by Crippen LogP contribution is -2.47. The second kappa shape index (κ2) is 5.88. The van der Waals surface area contributed by atoms with E-state index in [1.807, 2.05) is 27.1 Å². The number of ether oxygens (including phenoxy) is 1. The summed E-state index contributed by atoms with van der Waals surface area (Å²) in [4.78, 5) is 6.35. The summed E-state index contributed by atoms with van der Waals surface area (Å²) in [6.07, 6.45) is 7.33. The van der Waals surface area contributed by atoms with Crippen LogP contribution in [-0.4, -0.2) is 41.2 Å². The molecule has 0 spiro atoms. The van der Waals surface area contributed by atoms with E-state index in [1.165, 1.54) is 12.8 Å². The van der Waals surface area contributed by atoms with E-state index >= 15 is 0 Å². The van der Waals surface area contributed by atoms with Crippen molar-refractivity contribution in [3.05, 3.63) is 24.0 Å². The van der Waals surface area contributed by atoms with Gasteiger partial charge in [-0.1, -0.05) is 12.8 Å². The molecule has 0 aliphatic heterocycles. The molecule has 0 radical (unpaired) electrons. The highest BCUT2D eigenvalue weighted by molar-refractivity contribution is 5.27. The van der Waals surface area contributed by atoms with Gasteiger partial charge < -0.3 is 14.7 Å². The molecule has 2 rings (SSSR count). The van der Waals surface area contributed by atoms with Gasteiger partial charge >= 0.3 is 0 Å². The Morgan fingerprint density at radius 1 is 1.37 bits per heavy atom. The van der Waals surface area contributed by atoms with Crippen molar-refractivity contribution in [1.29, 1.82) is 0 Å². The van der Waals surface area contributed by atoms with Crippen molar-refractivity contribution in [1.82, 2.24) is 9.88 Å². The molecule has 0 saturated heterocycles. The summed E-state index contributed by atoms with van der Waals surface area (Å²) >= 11 is 0. The summed E-state index contributed by atoms with van der Waals surface area (Å²) in [5.74, 6) is 0.728. The minimum Gasteiger partial charge on any atom is -0.492 e. The summed E-state index contributed by atoms with van der Waals surface area (Å²) in [5, 5.41) is 10.8. The van der Waals surface area contributed by atoms with Crippen molar-refractivity contribution < 1.29 is 9.84 Å². The molecule has 4 nitrogen and oxygen atoms in total. The van der Waals surface area contributed by atoms with Crippen molar-refractivity contribution >= 4 is 0 Å². The van der Waals surface area contributed by atoms with Crippen LogP contribution >= 0.6 is 0 Å². The maximum atomic E-state index is 10.8. The first-order valence-electron chi connectivity index (χ1n) is 7.03. The Bertz CT molecular complexity index is 414. The van der Waals surface area contributed by atoms with E-state index < -0.39 is 6.10 Å². The highest BCUT2D eigenvalue weighted by Crippen LogP contribution is 2.43. The molecular formula is C15H24N2O2. The highest BCUT2D eigenvalue weighted by Gasteiger charge is 2.43. The van der Waals surface area contributed by atoms with E-state index in [0.29, 0.717) is 6.61 Å². The maximum absolute atomic E-state index is 10.8. The molecule has 1 heterocycles. The zero-order valence-corrected chi connectivity index (χ0v) is 12.1. The lowest BCUT2D eigenvalue weighted by atomic mass is 9.85. The van der Waals surface area contributed by atoms with Crippen LogP contribution in [0.3, 0.4) is 0 Å². The molecular weight excluding hydrogens is 240 g/mol. The highest BCUT2D eigenvalue weighted by atomic mass is 16.5. The van der Waals surface area contributed by atoms with E-state index in [4.69, 9.17) is 4.74 Å². The van der Waals surface area contributed by atoms with E-state index in [-0.39, 0.29) is 5.54 Å². The van der Waals surface area contributed by atoms with E-state index in [9.17, 15) is 5.11 Å². The molecule has 0 aromatic carbocycles. The van der Waals surface area contributed by atoms with Crippen LogP contribution in [0.4, 0.5) is 0 Å². The molecule has 1 aromatic heterocycles. The van der Waals surface area contributed by atoms with Crippen LogP contribution < -0.4 is 4.74 Å². The van der Waals surface area contributed by atoms with Crippen molar-refractivity contribution in [2.75, 3.05) is 20.7 Å². The number of nitrogens with zero attached hydrogens (tertiary/aromatic N) is 2. The zero-order valence-electron chi connectivity index (χ0n) is 12.1. The van der Waals surface area contributed by atoms with Gasteiger partial charge in [-0.05, 0) is 39.9 Å². The molecule has 4 heteroatoms. The lowest BCUT2D eigenvalue weighted by molar-refractivity contribution is -0.00506. The van der Waals surface area contributed by atoms with Gasteiger partial charge in [0.25, 0.3) is 0 Å². The number of pyridine rings is 1. The van der Waals surface area contributed by atoms with Gasteiger partial charge in [0, 0.05) is 11.8 Å². The Kier molecular flexibility index (Phi) is 4.42. The molecule has 0 bridgehead atoms. The Hall–Kier alpha value is -1.13. The van der Waals surface area contributed by atoms with Crippen molar-refractivity contribution in [3.8, 4) is 5.75 Å². The van der Waals surface area contributed by atoms with Gasteiger partial charge in [-0.25, -0.2) is 0 Å². The number of likely N-dealkylation sites (N-methyl/N-ethyl adjacent to an activating group) is 1. The normalized spacial score (nSPS) is 19.6. The Balaban J connectivity index is 2.26. The maximum Gasteiger partial charge on any atom is 0.137 e. The fourth-order valence-corrected chi connectivity index (χ4v) is 3.09. The molecule has 1 N–H and O–H groups in total.